The first-order chi connectivity index (χ1) is 9.22. The summed E-state index contributed by atoms with van der Waals surface area (Å²) in [7, 11) is 1.45. The van der Waals surface area contributed by atoms with Crippen LogP contribution in [-0.4, -0.2) is 29.4 Å². The fraction of sp³-hybridized carbons (Fsp3) is 0.933. The van der Waals surface area contributed by atoms with Crippen molar-refractivity contribution in [3.8, 4) is 0 Å². The van der Waals surface area contributed by atoms with E-state index in [2.05, 4.69) is 6.92 Å². The van der Waals surface area contributed by atoms with Gasteiger partial charge in [-0.15, -0.1) is 11.8 Å². The van der Waals surface area contributed by atoms with Gasteiger partial charge in [-0.25, -0.2) is 4.79 Å². The summed E-state index contributed by atoms with van der Waals surface area (Å²) in [6, 6.07) is 0. The lowest BCUT2D eigenvalue weighted by Gasteiger charge is -2.09. The summed E-state index contributed by atoms with van der Waals surface area (Å²) in [6.45, 7) is 2.25. The Hall–Kier alpha value is -0.220. The molecule has 0 fully saturated rings. The van der Waals surface area contributed by atoms with Gasteiger partial charge < -0.3 is 9.84 Å². The molecule has 0 aliphatic rings. The lowest BCUT2D eigenvalue weighted by atomic mass is 10.1. The van der Waals surface area contributed by atoms with E-state index in [0.29, 0.717) is 0 Å². The van der Waals surface area contributed by atoms with Gasteiger partial charge in [0.2, 0.25) is 0 Å². The maximum atomic E-state index is 10.7. The summed E-state index contributed by atoms with van der Waals surface area (Å²) in [5, 5.41) is 8.79. The van der Waals surface area contributed by atoms with Crippen molar-refractivity contribution in [1.82, 2.24) is 0 Å². The number of thioether (sulfide) groups is 1. The van der Waals surface area contributed by atoms with Crippen LogP contribution < -0.4 is 0 Å². The summed E-state index contributed by atoms with van der Waals surface area (Å²) in [5.74, 6) is 0.000907. The molecular formula is C15H30O3S. The second-order valence-electron chi connectivity index (χ2n) is 4.96. The van der Waals surface area contributed by atoms with E-state index in [1.54, 1.807) is 0 Å². The summed E-state index contributed by atoms with van der Waals surface area (Å²) in [6.07, 6.45) is 13.1. The SMILES string of the molecule is CCCCCCCCCCCCSC(OC)C(=O)O. The van der Waals surface area contributed by atoms with Crippen molar-refractivity contribution in [1.29, 1.82) is 0 Å². The van der Waals surface area contributed by atoms with Crippen molar-refractivity contribution < 1.29 is 14.6 Å². The van der Waals surface area contributed by atoms with E-state index >= 15 is 0 Å². The third-order valence-corrected chi connectivity index (χ3v) is 4.40. The molecule has 19 heavy (non-hydrogen) atoms. The third-order valence-electron chi connectivity index (χ3n) is 3.18. The highest BCUT2D eigenvalue weighted by Gasteiger charge is 2.15. The maximum Gasteiger partial charge on any atom is 0.343 e. The number of hydrogen-bond acceptors (Lipinski definition) is 3. The van der Waals surface area contributed by atoms with E-state index in [4.69, 9.17) is 9.84 Å². The predicted molar refractivity (Wildman–Crippen MR) is 82.7 cm³/mol. The standard InChI is InChI=1S/C15H30O3S/c1-3-4-5-6-7-8-9-10-11-12-13-19-15(18-2)14(16)17/h15H,3-13H2,1-2H3,(H,16,17). The Kier molecular flexibility index (Phi) is 14.0. The minimum Gasteiger partial charge on any atom is -0.479 e. The van der Waals surface area contributed by atoms with Crippen LogP contribution in [0.2, 0.25) is 0 Å². The molecule has 3 nitrogen and oxygen atoms in total. The number of carboxylic acids is 1. The largest absolute Gasteiger partial charge is 0.479 e. The lowest BCUT2D eigenvalue weighted by molar-refractivity contribution is -0.143. The van der Waals surface area contributed by atoms with Crippen molar-refractivity contribution in [2.24, 2.45) is 0 Å². The Morgan fingerprint density at radius 3 is 1.89 bits per heavy atom. The molecule has 0 radical (unpaired) electrons. The molecular weight excluding hydrogens is 260 g/mol. The topological polar surface area (TPSA) is 46.5 Å². The molecule has 1 unspecified atom stereocenters. The average molecular weight is 290 g/mol. The van der Waals surface area contributed by atoms with Crippen molar-refractivity contribution in [3.05, 3.63) is 0 Å². The molecule has 4 heteroatoms. The normalized spacial score (nSPS) is 12.5. The summed E-state index contributed by atoms with van der Waals surface area (Å²) < 4.78 is 4.87. The fourth-order valence-corrected chi connectivity index (χ4v) is 2.88. The van der Waals surface area contributed by atoms with E-state index in [9.17, 15) is 4.79 Å². The van der Waals surface area contributed by atoms with Crippen LogP contribution in [0.4, 0.5) is 0 Å². The van der Waals surface area contributed by atoms with Gasteiger partial charge in [0.25, 0.3) is 0 Å². The highest BCUT2D eigenvalue weighted by Crippen LogP contribution is 2.16. The van der Waals surface area contributed by atoms with Crippen LogP contribution in [0.3, 0.4) is 0 Å². The number of ether oxygens (including phenoxy) is 1. The number of hydrogen-bond donors (Lipinski definition) is 1. The molecule has 0 aromatic heterocycles. The van der Waals surface area contributed by atoms with Gasteiger partial charge >= 0.3 is 5.97 Å². The van der Waals surface area contributed by atoms with Crippen LogP contribution in [0.1, 0.15) is 71.1 Å². The van der Waals surface area contributed by atoms with Crippen LogP contribution in [0.5, 0.6) is 0 Å². The smallest absolute Gasteiger partial charge is 0.343 e. The number of aliphatic carboxylic acids is 1. The second-order valence-corrected chi connectivity index (χ2v) is 6.13. The molecule has 0 saturated heterocycles. The van der Waals surface area contributed by atoms with Crippen molar-refractivity contribution >= 4 is 17.7 Å². The number of carbonyl (C=O) groups is 1. The molecule has 0 aliphatic carbocycles. The molecule has 0 spiro atoms. The Bertz CT molecular complexity index is 210. The van der Waals surface area contributed by atoms with Gasteiger partial charge in [-0.2, -0.15) is 0 Å². The highest BCUT2D eigenvalue weighted by atomic mass is 32.2. The van der Waals surface area contributed by atoms with Crippen LogP contribution in [0.25, 0.3) is 0 Å². The molecule has 0 rings (SSSR count). The Balaban J connectivity index is 3.16. The zero-order valence-corrected chi connectivity index (χ0v) is 13.3. The summed E-state index contributed by atoms with van der Waals surface area (Å²) in [5.41, 5.74) is -0.696. The van der Waals surface area contributed by atoms with E-state index in [1.165, 1.54) is 76.7 Å². The molecule has 0 aromatic rings. The van der Waals surface area contributed by atoms with Crippen LogP contribution in [0.15, 0.2) is 0 Å². The molecule has 0 bridgehead atoms. The minimum absolute atomic E-state index is 0.696. The average Bonchev–Trinajstić information content (AvgIpc) is 2.40. The molecule has 0 aliphatic heterocycles. The minimum atomic E-state index is -0.875. The van der Waals surface area contributed by atoms with Crippen LogP contribution >= 0.6 is 11.8 Å². The van der Waals surface area contributed by atoms with Gasteiger partial charge in [-0.05, 0) is 12.2 Å². The molecule has 114 valence electrons. The predicted octanol–water partition coefficient (Wildman–Crippen LogP) is 4.70. The quantitative estimate of drug-likeness (QED) is 0.372. The van der Waals surface area contributed by atoms with E-state index < -0.39 is 11.4 Å². The fourth-order valence-electron chi connectivity index (χ4n) is 2.02. The number of rotatable bonds is 14. The highest BCUT2D eigenvalue weighted by molar-refractivity contribution is 8.00. The van der Waals surface area contributed by atoms with Gasteiger partial charge in [-0.3, -0.25) is 0 Å². The lowest BCUT2D eigenvalue weighted by Crippen LogP contribution is -2.18. The van der Waals surface area contributed by atoms with Crippen molar-refractivity contribution in [2.75, 3.05) is 12.9 Å². The zero-order chi connectivity index (χ0) is 14.3. The molecule has 1 N–H and O–H groups in total. The molecule has 0 amide bonds. The van der Waals surface area contributed by atoms with E-state index in [1.807, 2.05) is 0 Å². The van der Waals surface area contributed by atoms with Crippen molar-refractivity contribution in [3.63, 3.8) is 0 Å². The molecule has 1 atom stereocenters. The summed E-state index contributed by atoms with van der Waals surface area (Å²) >= 11 is 1.39. The number of methoxy groups -OCH3 is 1. The molecule has 0 saturated carbocycles. The maximum absolute atomic E-state index is 10.7. The first-order valence-corrected chi connectivity index (χ1v) is 8.64. The number of carboxylic acid groups (broad SMARTS) is 1. The first kappa shape index (κ1) is 18.8. The Morgan fingerprint density at radius 1 is 1.00 bits per heavy atom. The van der Waals surface area contributed by atoms with E-state index in [0.717, 1.165) is 12.2 Å². The van der Waals surface area contributed by atoms with E-state index in [-0.39, 0.29) is 0 Å². The van der Waals surface area contributed by atoms with Crippen molar-refractivity contribution in [2.45, 2.75) is 76.6 Å². The first-order valence-electron chi connectivity index (χ1n) is 7.59. The molecule has 0 aromatic carbocycles. The monoisotopic (exact) mass is 290 g/mol. The Labute approximate surface area is 122 Å². The summed E-state index contributed by atoms with van der Waals surface area (Å²) in [4.78, 5) is 10.7. The van der Waals surface area contributed by atoms with Gasteiger partial charge in [0.1, 0.15) is 0 Å². The van der Waals surface area contributed by atoms with Crippen LogP contribution in [0, 0.1) is 0 Å². The van der Waals surface area contributed by atoms with Gasteiger partial charge in [0.15, 0.2) is 5.44 Å². The van der Waals surface area contributed by atoms with Gasteiger partial charge in [-0.1, -0.05) is 64.7 Å². The van der Waals surface area contributed by atoms with Gasteiger partial charge in [0.05, 0.1) is 0 Å². The second kappa shape index (κ2) is 14.2. The Morgan fingerprint density at radius 2 is 1.47 bits per heavy atom. The number of unbranched alkanes of at least 4 members (excludes halogenated alkanes) is 9. The third kappa shape index (κ3) is 12.6. The van der Waals surface area contributed by atoms with Crippen LogP contribution in [-0.2, 0) is 9.53 Å². The van der Waals surface area contributed by atoms with Gasteiger partial charge in [0, 0.05) is 7.11 Å². The zero-order valence-electron chi connectivity index (χ0n) is 12.5. The molecule has 0 heterocycles.